The van der Waals surface area contributed by atoms with E-state index in [0.29, 0.717) is 18.9 Å². The maximum Gasteiger partial charge on any atom is 0.124 e. The van der Waals surface area contributed by atoms with Crippen molar-refractivity contribution in [2.75, 3.05) is 18.9 Å². The van der Waals surface area contributed by atoms with Crippen LogP contribution in [-0.4, -0.2) is 13.2 Å². The Bertz CT molecular complexity index is 618. The van der Waals surface area contributed by atoms with Gasteiger partial charge in [0.2, 0.25) is 0 Å². The maximum absolute atomic E-state index is 6.13. The molecular weight excluding hydrogens is 286 g/mol. The molecule has 0 spiro atoms. The highest BCUT2D eigenvalue weighted by Crippen LogP contribution is 2.26. The van der Waals surface area contributed by atoms with Gasteiger partial charge in [-0.25, -0.2) is 0 Å². The number of rotatable bonds is 5. The zero-order chi connectivity index (χ0) is 15.4. The lowest BCUT2D eigenvalue weighted by atomic mass is 10.1. The fraction of sp³-hybridized carbons (Fsp3) is 0.294. The number of nitrogens with two attached hydrogens (primary N) is 1. The van der Waals surface area contributed by atoms with E-state index in [-0.39, 0.29) is 0 Å². The highest BCUT2D eigenvalue weighted by atomic mass is 35.5. The van der Waals surface area contributed by atoms with E-state index in [2.05, 4.69) is 0 Å². The molecule has 0 aromatic heterocycles. The van der Waals surface area contributed by atoms with Crippen LogP contribution in [-0.2, 0) is 0 Å². The fourth-order valence-corrected chi connectivity index (χ4v) is 2.18. The molecule has 2 rings (SSSR count). The highest BCUT2D eigenvalue weighted by molar-refractivity contribution is 6.32. The van der Waals surface area contributed by atoms with Gasteiger partial charge in [-0.1, -0.05) is 17.7 Å². The van der Waals surface area contributed by atoms with Crippen molar-refractivity contribution in [2.24, 2.45) is 0 Å². The summed E-state index contributed by atoms with van der Waals surface area (Å²) >= 11 is 6.13. The number of hydrogen-bond acceptors (Lipinski definition) is 3. The number of aryl methyl sites for hydroxylation is 3. The largest absolute Gasteiger partial charge is 0.490 e. The van der Waals surface area contributed by atoms with Gasteiger partial charge < -0.3 is 15.2 Å². The van der Waals surface area contributed by atoms with Crippen molar-refractivity contribution in [3.8, 4) is 11.5 Å². The molecule has 0 aliphatic rings. The molecule has 0 saturated heterocycles. The molecule has 2 aromatic carbocycles. The third-order valence-electron chi connectivity index (χ3n) is 3.23. The van der Waals surface area contributed by atoms with Gasteiger partial charge in [0.05, 0.1) is 0 Å². The van der Waals surface area contributed by atoms with Gasteiger partial charge in [-0.15, -0.1) is 0 Å². The van der Waals surface area contributed by atoms with Crippen LogP contribution in [0.5, 0.6) is 11.5 Å². The first-order valence-corrected chi connectivity index (χ1v) is 7.23. The second kappa shape index (κ2) is 6.72. The number of benzene rings is 2. The van der Waals surface area contributed by atoms with E-state index >= 15 is 0 Å². The fourth-order valence-electron chi connectivity index (χ4n) is 2.07. The van der Waals surface area contributed by atoms with E-state index in [1.807, 2.05) is 51.1 Å². The first kappa shape index (κ1) is 15.5. The molecule has 0 aliphatic heterocycles. The summed E-state index contributed by atoms with van der Waals surface area (Å²) in [5.74, 6) is 1.60. The van der Waals surface area contributed by atoms with Crippen LogP contribution in [0, 0.1) is 20.8 Å². The van der Waals surface area contributed by atoms with Gasteiger partial charge in [0, 0.05) is 16.8 Å². The average molecular weight is 306 g/mol. The Hall–Kier alpha value is -1.87. The molecule has 3 nitrogen and oxygen atoms in total. The molecule has 0 atom stereocenters. The average Bonchev–Trinajstić information content (AvgIpc) is 2.44. The SMILES string of the molecule is Cc1ccc(N)cc1OCCOc1cc(C)c(Cl)c(C)c1. The number of ether oxygens (including phenoxy) is 2. The Kier molecular flexibility index (Phi) is 4.97. The summed E-state index contributed by atoms with van der Waals surface area (Å²) in [6, 6.07) is 9.49. The molecule has 0 unspecified atom stereocenters. The van der Waals surface area contributed by atoms with Gasteiger partial charge in [0.25, 0.3) is 0 Å². The second-order valence-corrected chi connectivity index (χ2v) is 5.47. The van der Waals surface area contributed by atoms with Gasteiger partial charge >= 0.3 is 0 Å². The molecular formula is C17H20ClNO2. The summed E-state index contributed by atoms with van der Waals surface area (Å²) in [4.78, 5) is 0. The first-order valence-electron chi connectivity index (χ1n) is 6.86. The number of anilines is 1. The molecule has 0 aliphatic carbocycles. The van der Waals surface area contributed by atoms with Crippen molar-refractivity contribution in [1.82, 2.24) is 0 Å². The third-order valence-corrected chi connectivity index (χ3v) is 3.83. The third kappa shape index (κ3) is 4.05. The van der Waals surface area contributed by atoms with Crippen LogP contribution >= 0.6 is 11.6 Å². The Morgan fingerprint density at radius 2 is 1.52 bits per heavy atom. The number of hydrogen-bond donors (Lipinski definition) is 1. The summed E-state index contributed by atoms with van der Waals surface area (Å²) < 4.78 is 11.4. The number of nitrogen functional groups attached to an aromatic ring is 1. The lowest BCUT2D eigenvalue weighted by Crippen LogP contribution is -2.10. The molecule has 2 aromatic rings. The van der Waals surface area contributed by atoms with Crippen molar-refractivity contribution in [2.45, 2.75) is 20.8 Å². The van der Waals surface area contributed by atoms with Crippen molar-refractivity contribution in [3.63, 3.8) is 0 Å². The van der Waals surface area contributed by atoms with Gasteiger partial charge in [-0.05, 0) is 55.7 Å². The molecule has 4 heteroatoms. The second-order valence-electron chi connectivity index (χ2n) is 5.09. The molecule has 21 heavy (non-hydrogen) atoms. The van der Waals surface area contributed by atoms with Crippen molar-refractivity contribution in [3.05, 3.63) is 52.0 Å². The van der Waals surface area contributed by atoms with E-state index in [4.69, 9.17) is 26.8 Å². The van der Waals surface area contributed by atoms with Crippen LogP contribution in [0.25, 0.3) is 0 Å². The molecule has 2 N–H and O–H groups in total. The lowest BCUT2D eigenvalue weighted by molar-refractivity contribution is 0.216. The summed E-state index contributed by atoms with van der Waals surface area (Å²) in [7, 11) is 0. The topological polar surface area (TPSA) is 44.5 Å². The number of halogens is 1. The van der Waals surface area contributed by atoms with E-state index in [1.54, 1.807) is 0 Å². The molecule has 0 saturated carbocycles. The maximum atomic E-state index is 6.13. The Morgan fingerprint density at radius 3 is 2.19 bits per heavy atom. The quantitative estimate of drug-likeness (QED) is 0.661. The zero-order valence-corrected chi connectivity index (χ0v) is 13.3. The van der Waals surface area contributed by atoms with Gasteiger partial charge in [0.15, 0.2) is 0 Å². The molecule has 0 bridgehead atoms. The molecule has 0 heterocycles. The summed E-state index contributed by atoms with van der Waals surface area (Å²) in [5, 5.41) is 0.786. The first-order chi connectivity index (χ1) is 9.97. The smallest absolute Gasteiger partial charge is 0.124 e. The minimum Gasteiger partial charge on any atom is -0.490 e. The minimum absolute atomic E-state index is 0.463. The van der Waals surface area contributed by atoms with E-state index in [1.165, 1.54) is 0 Å². The van der Waals surface area contributed by atoms with Crippen LogP contribution in [0.4, 0.5) is 5.69 Å². The minimum atomic E-state index is 0.463. The van der Waals surface area contributed by atoms with Gasteiger partial charge in [0.1, 0.15) is 24.7 Å². The van der Waals surface area contributed by atoms with E-state index < -0.39 is 0 Å². The van der Waals surface area contributed by atoms with Crippen LogP contribution < -0.4 is 15.2 Å². The van der Waals surface area contributed by atoms with Crippen LogP contribution in [0.15, 0.2) is 30.3 Å². The van der Waals surface area contributed by atoms with E-state index in [0.717, 1.165) is 33.2 Å². The molecule has 0 fully saturated rings. The lowest BCUT2D eigenvalue weighted by Gasteiger charge is -2.12. The Labute approximate surface area is 130 Å². The summed E-state index contributed by atoms with van der Waals surface area (Å²) in [6.07, 6.45) is 0. The van der Waals surface area contributed by atoms with E-state index in [9.17, 15) is 0 Å². The van der Waals surface area contributed by atoms with Gasteiger partial charge in [-0.3, -0.25) is 0 Å². The predicted octanol–water partition coefficient (Wildman–Crippen LogP) is 4.31. The highest BCUT2D eigenvalue weighted by Gasteiger charge is 2.04. The van der Waals surface area contributed by atoms with Crippen LogP contribution in [0.1, 0.15) is 16.7 Å². The zero-order valence-electron chi connectivity index (χ0n) is 12.6. The Balaban J connectivity index is 1.89. The monoisotopic (exact) mass is 305 g/mol. The van der Waals surface area contributed by atoms with Crippen molar-refractivity contribution >= 4 is 17.3 Å². The summed E-state index contributed by atoms with van der Waals surface area (Å²) in [6.45, 7) is 6.85. The summed E-state index contributed by atoms with van der Waals surface area (Å²) in [5.41, 5.74) is 9.53. The van der Waals surface area contributed by atoms with Gasteiger partial charge in [-0.2, -0.15) is 0 Å². The van der Waals surface area contributed by atoms with Crippen LogP contribution in [0.2, 0.25) is 5.02 Å². The molecule has 0 amide bonds. The molecule has 0 radical (unpaired) electrons. The van der Waals surface area contributed by atoms with Crippen LogP contribution in [0.3, 0.4) is 0 Å². The van der Waals surface area contributed by atoms with Crippen molar-refractivity contribution in [1.29, 1.82) is 0 Å². The Morgan fingerprint density at radius 1 is 0.905 bits per heavy atom. The normalized spacial score (nSPS) is 10.5. The standard InChI is InChI=1S/C17H20ClNO2/c1-11-4-5-14(19)10-16(11)21-7-6-20-15-8-12(2)17(18)13(3)9-15/h4-5,8-10H,6-7,19H2,1-3H3. The van der Waals surface area contributed by atoms with Crippen molar-refractivity contribution < 1.29 is 9.47 Å². The predicted molar refractivity (Wildman–Crippen MR) is 87.5 cm³/mol. The molecule has 112 valence electrons.